The fourth-order valence-electron chi connectivity index (χ4n) is 3.32. The molecule has 0 radical (unpaired) electrons. The first-order valence-corrected chi connectivity index (χ1v) is 7.07. The highest BCUT2D eigenvalue weighted by Gasteiger charge is 2.44. The van der Waals surface area contributed by atoms with Crippen LogP contribution < -0.4 is 5.73 Å². The molecule has 0 spiro atoms. The van der Waals surface area contributed by atoms with Crippen LogP contribution in [-0.2, 0) is 0 Å². The van der Waals surface area contributed by atoms with Gasteiger partial charge in [0.05, 0.1) is 0 Å². The Balaban J connectivity index is 1.90. The van der Waals surface area contributed by atoms with E-state index >= 15 is 0 Å². The summed E-state index contributed by atoms with van der Waals surface area (Å²) in [6.07, 6.45) is 6.89. The van der Waals surface area contributed by atoms with E-state index in [1.807, 2.05) is 0 Å². The van der Waals surface area contributed by atoms with E-state index in [-0.39, 0.29) is 0 Å². The first kappa shape index (κ1) is 12.4. The fourth-order valence-corrected chi connectivity index (χ4v) is 3.32. The van der Waals surface area contributed by atoms with Crippen LogP contribution in [0.25, 0.3) is 0 Å². The SMILES string of the molecule is CCCC1(CN2CCC(N)C(C)C2C)CC1. The van der Waals surface area contributed by atoms with Gasteiger partial charge < -0.3 is 5.73 Å². The zero-order chi connectivity index (χ0) is 11.8. The van der Waals surface area contributed by atoms with E-state index in [2.05, 4.69) is 25.7 Å². The minimum atomic E-state index is 0.424. The Labute approximate surface area is 101 Å². The Hall–Kier alpha value is -0.0800. The lowest BCUT2D eigenvalue weighted by Crippen LogP contribution is -2.53. The molecule has 1 saturated carbocycles. The van der Waals surface area contributed by atoms with E-state index in [4.69, 9.17) is 5.73 Å². The van der Waals surface area contributed by atoms with Gasteiger partial charge in [0.2, 0.25) is 0 Å². The summed E-state index contributed by atoms with van der Waals surface area (Å²) in [5.41, 5.74) is 6.84. The highest BCUT2D eigenvalue weighted by atomic mass is 15.2. The Morgan fingerprint density at radius 2 is 2.00 bits per heavy atom. The van der Waals surface area contributed by atoms with Gasteiger partial charge in [0.15, 0.2) is 0 Å². The van der Waals surface area contributed by atoms with Gasteiger partial charge in [0.25, 0.3) is 0 Å². The predicted octanol–water partition coefficient (Wildman–Crippen LogP) is 2.62. The Morgan fingerprint density at radius 3 is 2.56 bits per heavy atom. The second-order valence-electron chi connectivity index (χ2n) is 6.27. The highest BCUT2D eigenvalue weighted by Crippen LogP contribution is 2.50. The number of nitrogens with zero attached hydrogens (tertiary/aromatic N) is 1. The van der Waals surface area contributed by atoms with Gasteiger partial charge in [-0.05, 0) is 50.5 Å². The van der Waals surface area contributed by atoms with Crippen LogP contribution in [0.2, 0.25) is 0 Å². The number of hydrogen-bond acceptors (Lipinski definition) is 2. The summed E-state index contributed by atoms with van der Waals surface area (Å²) in [5.74, 6) is 0.658. The zero-order valence-corrected chi connectivity index (χ0v) is 11.2. The maximum Gasteiger partial charge on any atom is 0.0108 e. The maximum atomic E-state index is 6.14. The van der Waals surface area contributed by atoms with Crippen molar-refractivity contribution in [2.45, 2.75) is 65.0 Å². The van der Waals surface area contributed by atoms with Crippen molar-refractivity contribution in [3.63, 3.8) is 0 Å². The molecule has 94 valence electrons. The Morgan fingerprint density at radius 1 is 1.31 bits per heavy atom. The topological polar surface area (TPSA) is 29.3 Å². The molecule has 3 atom stereocenters. The van der Waals surface area contributed by atoms with E-state index < -0.39 is 0 Å². The van der Waals surface area contributed by atoms with Gasteiger partial charge in [-0.3, -0.25) is 4.90 Å². The lowest BCUT2D eigenvalue weighted by molar-refractivity contribution is 0.0746. The molecule has 1 aliphatic heterocycles. The van der Waals surface area contributed by atoms with Gasteiger partial charge in [-0.1, -0.05) is 20.3 Å². The second-order valence-corrected chi connectivity index (χ2v) is 6.27. The number of nitrogens with two attached hydrogens (primary N) is 1. The third kappa shape index (κ3) is 2.43. The minimum absolute atomic E-state index is 0.424. The van der Waals surface area contributed by atoms with Crippen LogP contribution in [0, 0.1) is 11.3 Å². The summed E-state index contributed by atoms with van der Waals surface area (Å²) in [4.78, 5) is 2.71. The van der Waals surface area contributed by atoms with Gasteiger partial charge in [-0.2, -0.15) is 0 Å². The molecular weight excluding hydrogens is 196 g/mol. The summed E-state index contributed by atoms with van der Waals surface area (Å²) < 4.78 is 0. The lowest BCUT2D eigenvalue weighted by atomic mass is 9.86. The molecule has 2 N–H and O–H groups in total. The molecule has 16 heavy (non-hydrogen) atoms. The zero-order valence-electron chi connectivity index (χ0n) is 11.2. The molecule has 0 aromatic heterocycles. The van der Waals surface area contributed by atoms with Gasteiger partial charge in [-0.25, -0.2) is 0 Å². The average Bonchev–Trinajstić information content (AvgIpc) is 3.00. The normalized spacial score (nSPS) is 38.6. The standard InChI is InChI=1S/C14H28N2/c1-4-6-14(7-8-14)10-16-9-5-13(15)11(2)12(16)3/h11-13H,4-10,15H2,1-3H3. The van der Waals surface area contributed by atoms with Crippen molar-refractivity contribution in [3.8, 4) is 0 Å². The van der Waals surface area contributed by atoms with Crippen LogP contribution in [0.5, 0.6) is 0 Å². The van der Waals surface area contributed by atoms with Crippen molar-refractivity contribution in [3.05, 3.63) is 0 Å². The smallest absolute Gasteiger partial charge is 0.0108 e. The summed E-state index contributed by atoms with van der Waals surface area (Å²) in [6, 6.07) is 1.10. The summed E-state index contributed by atoms with van der Waals surface area (Å²) in [5, 5.41) is 0. The van der Waals surface area contributed by atoms with Crippen LogP contribution in [0.15, 0.2) is 0 Å². The quantitative estimate of drug-likeness (QED) is 0.795. The third-order valence-electron chi connectivity index (χ3n) is 5.04. The molecule has 0 bridgehead atoms. The molecule has 2 aliphatic rings. The molecule has 2 fully saturated rings. The number of hydrogen-bond donors (Lipinski definition) is 1. The molecule has 1 saturated heterocycles. The largest absolute Gasteiger partial charge is 0.327 e. The Bertz CT molecular complexity index is 235. The summed E-state index contributed by atoms with van der Waals surface area (Å²) in [6.45, 7) is 9.56. The summed E-state index contributed by atoms with van der Waals surface area (Å²) in [7, 11) is 0. The predicted molar refractivity (Wildman–Crippen MR) is 69.4 cm³/mol. The van der Waals surface area contributed by atoms with E-state index in [1.165, 1.54) is 45.2 Å². The molecule has 0 amide bonds. The van der Waals surface area contributed by atoms with Crippen LogP contribution in [0.4, 0.5) is 0 Å². The second kappa shape index (κ2) is 4.66. The van der Waals surface area contributed by atoms with Gasteiger partial charge in [-0.15, -0.1) is 0 Å². The number of piperidine rings is 1. The molecule has 0 aromatic carbocycles. The van der Waals surface area contributed by atoms with Crippen LogP contribution in [-0.4, -0.2) is 30.1 Å². The summed E-state index contributed by atoms with van der Waals surface area (Å²) >= 11 is 0. The fraction of sp³-hybridized carbons (Fsp3) is 1.00. The molecule has 0 aromatic rings. The van der Waals surface area contributed by atoms with Gasteiger partial charge in [0, 0.05) is 18.6 Å². The van der Waals surface area contributed by atoms with Crippen molar-refractivity contribution >= 4 is 0 Å². The molecule has 1 aliphatic carbocycles. The molecule has 1 heterocycles. The molecule has 2 rings (SSSR count). The van der Waals surface area contributed by atoms with Crippen molar-refractivity contribution in [1.82, 2.24) is 4.90 Å². The first-order valence-electron chi connectivity index (χ1n) is 7.07. The lowest BCUT2D eigenvalue weighted by Gasteiger charge is -2.43. The van der Waals surface area contributed by atoms with Crippen molar-refractivity contribution in [1.29, 1.82) is 0 Å². The van der Waals surface area contributed by atoms with E-state index in [9.17, 15) is 0 Å². The first-order chi connectivity index (χ1) is 7.58. The van der Waals surface area contributed by atoms with Gasteiger partial charge in [0.1, 0.15) is 0 Å². The van der Waals surface area contributed by atoms with Crippen molar-refractivity contribution in [2.75, 3.05) is 13.1 Å². The maximum absolute atomic E-state index is 6.14. The monoisotopic (exact) mass is 224 g/mol. The van der Waals surface area contributed by atoms with Crippen LogP contribution in [0.3, 0.4) is 0 Å². The van der Waals surface area contributed by atoms with E-state index in [0.29, 0.717) is 23.4 Å². The van der Waals surface area contributed by atoms with E-state index in [1.54, 1.807) is 0 Å². The molecule has 3 unspecified atom stereocenters. The van der Waals surface area contributed by atoms with Crippen LogP contribution >= 0.6 is 0 Å². The molecule has 2 heteroatoms. The van der Waals surface area contributed by atoms with Gasteiger partial charge >= 0.3 is 0 Å². The third-order valence-corrected chi connectivity index (χ3v) is 5.04. The molecular formula is C14H28N2. The highest BCUT2D eigenvalue weighted by molar-refractivity contribution is 4.98. The average molecular weight is 224 g/mol. The Kier molecular flexibility index (Phi) is 3.60. The van der Waals surface area contributed by atoms with Crippen LogP contribution in [0.1, 0.15) is 52.9 Å². The van der Waals surface area contributed by atoms with E-state index in [0.717, 1.165) is 0 Å². The minimum Gasteiger partial charge on any atom is -0.327 e. The molecule has 2 nitrogen and oxygen atoms in total. The van der Waals surface area contributed by atoms with Crippen molar-refractivity contribution in [2.24, 2.45) is 17.1 Å². The number of likely N-dealkylation sites (tertiary alicyclic amines) is 1. The number of rotatable bonds is 4. The van der Waals surface area contributed by atoms with Crippen molar-refractivity contribution < 1.29 is 0 Å².